The lowest BCUT2D eigenvalue weighted by Gasteiger charge is -2.29. The highest BCUT2D eigenvalue weighted by molar-refractivity contribution is 5.45. The van der Waals surface area contributed by atoms with Crippen LogP contribution in [0, 0.1) is 0 Å². The van der Waals surface area contributed by atoms with Gasteiger partial charge in [0.2, 0.25) is 0 Å². The van der Waals surface area contributed by atoms with Crippen molar-refractivity contribution in [1.82, 2.24) is 9.97 Å². The Morgan fingerprint density at radius 1 is 1.53 bits per heavy atom. The van der Waals surface area contributed by atoms with Gasteiger partial charge in [-0.3, -0.25) is 0 Å². The number of rotatable bonds is 5. The molecule has 0 saturated heterocycles. The maximum absolute atomic E-state index is 8.97. The van der Waals surface area contributed by atoms with Crippen molar-refractivity contribution in [3.63, 3.8) is 0 Å². The fraction of sp³-hybridized carbons (Fsp3) is 0.600. The molecular weight excluding hydrogens is 192 g/mol. The zero-order valence-corrected chi connectivity index (χ0v) is 9.20. The Bertz CT molecular complexity index is 318. The smallest absolute Gasteiger partial charge is 0.131 e. The molecule has 5 heteroatoms. The summed E-state index contributed by atoms with van der Waals surface area (Å²) < 4.78 is 0. The largest absolute Gasteiger partial charge is 0.396 e. The summed E-state index contributed by atoms with van der Waals surface area (Å²) in [7, 11) is 0. The summed E-state index contributed by atoms with van der Waals surface area (Å²) in [5.41, 5.74) is 5.40. The summed E-state index contributed by atoms with van der Waals surface area (Å²) in [5, 5.41) is 12.2. The molecule has 0 aliphatic carbocycles. The number of hydrogen-bond donors (Lipinski definition) is 3. The van der Waals surface area contributed by atoms with Crippen molar-refractivity contribution in [2.45, 2.75) is 32.2 Å². The molecule has 0 fully saturated rings. The van der Waals surface area contributed by atoms with Crippen LogP contribution in [0.5, 0.6) is 0 Å². The molecule has 1 aromatic heterocycles. The maximum Gasteiger partial charge on any atom is 0.131 e. The van der Waals surface area contributed by atoms with E-state index in [-0.39, 0.29) is 12.1 Å². The molecule has 0 radical (unpaired) electrons. The van der Waals surface area contributed by atoms with Gasteiger partial charge in [-0.05, 0) is 19.8 Å². The van der Waals surface area contributed by atoms with Gasteiger partial charge in [0.1, 0.15) is 18.0 Å². The molecule has 4 N–H and O–H groups in total. The number of aliphatic hydroxyl groups is 1. The third-order valence-corrected chi connectivity index (χ3v) is 2.56. The second kappa shape index (κ2) is 4.93. The Kier molecular flexibility index (Phi) is 3.85. The Morgan fingerprint density at radius 2 is 2.27 bits per heavy atom. The molecule has 84 valence electrons. The number of nitrogens with two attached hydrogens (primary N) is 1. The number of nitrogens with one attached hydrogen (secondary N) is 1. The van der Waals surface area contributed by atoms with Crippen molar-refractivity contribution in [2.75, 3.05) is 17.7 Å². The van der Waals surface area contributed by atoms with E-state index in [0.29, 0.717) is 18.1 Å². The van der Waals surface area contributed by atoms with Crippen LogP contribution in [0.4, 0.5) is 11.6 Å². The summed E-state index contributed by atoms with van der Waals surface area (Å²) in [4.78, 5) is 7.89. The van der Waals surface area contributed by atoms with Crippen molar-refractivity contribution in [3.8, 4) is 0 Å². The molecule has 1 unspecified atom stereocenters. The van der Waals surface area contributed by atoms with Gasteiger partial charge in [0, 0.05) is 18.2 Å². The van der Waals surface area contributed by atoms with Gasteiger partial charge in [0.05, 0.1) is 0 Å². The predicted molar refractivity (Wildman–Crippen MR) is 60.5 cm³/mol. The van der Waals surface area contributed by atoms with Crippen LogP contribution in [0.15, 0.2) is 12.4 Å². The highest BCUT2D eigenvalue weighted by Gasteiger charge is 2.21. The van der Waals surface area contributed by atoms with Gasteiger partial charge in [-0.15, -0.1) is 0 Å². The van der Waals surface area contributed by atoms with Crippen LogP contribution < -0.4 is 11.1 Å². The zero-order valence-electron chi connectivity index (χ0n) is 9.20. The standard InChI is InChI=1S/C10H18N4O/c1-3-10(2,4-5-15)14-9-6-8(11)12-7-13-9/h6-7,15H,3-5H2,1-2H3,(H3,11,12,13,14). The second-order valence-electron chi connectivity index (χ2n) is 3.84. The molecule has 1 heterocycles. The lowest BCUT2D eigenvalue weighted by Crippen LogP contribution is -2.35. The van der Waals surface area contributed by atoms with Crippen LogP contribution in [-0.2, 0) is 0 Å². The monoisotopic (exact) mass is 210 g/mol. The van der Waals surface area contributed by atoms with Gasteiger partial charge in [-0.1, -0.05) is 6.92 Å². The number of anilines is 2. The predicted octanol–water partition coefficient (Wildman–Crippen LogP) is 1.02. The van der Waals surface area contributed by atoms with Crippen LogP contribution in [0.25, 0.3) is 0 Å². The molecule has 0 aliphatic rings. The quantitative estimate of drug-likeness (QED) is 0.675. The SMILES string of the molecule is CCC(C)(CCO)Nc1cc(N)ncn1. The van der Waals surface area contributed by atoms with Crippen molar-refractivity contribution >= 4 is 11.6 Å². The topological polar surface area (TPSA) is 84.1 Å². The van der Waals surface area contributed by atoms with E-state index in [4.69, 9.17) is 10.8 Å². The summed E-state index contributed by atoms with van der Waals surface area (Å²) in [6, 6.07) is 1.69. The molecule has 0 bridgehead atoms. The fourth-order valence-corrected chi connectivity index (χ4v) is 1.32. The van der Waals surface area contributed by atoms with Gasteiger partial charge in [0.25, 0.3) is 0 Å². The van der Waals surface area contributed by atoms with Crippen LogP contribution >= 0.6 is 0 Å². The minimum Gasteiger partial charge on any atom is -0.396 e. The van der Waals surface area contributed by atoms with Crippen molar-refractivity contribution < 1.29 is 5.11 Å². The number of hydrogen-bond acceptors (Lipinski definition) is 5. The molecule has 1 atom stereocenters. The lowest BCUT2D eigenvalue weighted by atomic mass is 9.95. The Balaban J connectivity index is 2.74. The molecule has 1 rings (SSSR count). The van der Waals surface area contributed by atoms with Crippen molar-refractivity contribution in [3.05, 3.63) is 12.4 Å². The van der Waals surface area contributed by atoms with Crippen LogP contribution in [-0.4, -0.2) is 27.2 Å². The van der Waals surface area contributed by atoms with E-state index in [1.165, 1.54) is 6.33 Å². The number of nitrogen functional groups attached to an aromatic ring is 1. The van der Waals surface area contributed by atoms with E-state index in [2.05, 4.69) is 22.2 Å². The third kappa shape index (κ3) is 3.36. The first kappa shape index (κ1) is 11.7. The van der Waals surface area contributed by atoms with Crippen LogP contribution in [0.3, 0.4) is 0 Å². The average molecular weight is 210 g/mol. The van der Waals surface area contributed by atoms with Gasteiger partial charge < -0.3 is 16.2 Å². The molecule has 0 saturated carbocycles. The maximum atomic E-state index is 8.97. The van der Waals surface area contributed by atoms with Gasteiger partial charge >= 0.3 is 0 Å². The Hall–Kier alpha value is -1.36. The van der Waals surface area contributed by atoms with Gasteiger partial charge in [-0.2, -0.15) is 0 Å². The Morgan fingerprint density at radius 3 is 2.80 bits per heavy atom. The van der Waals surface area contributed by atoms with Gasteiger partial charge in [0.15, 0.2) is 0 Å². The molecule has 5 nitrogen and oxygen atoms in total. The minimum absolute atomic E-state index is 0.151. The highest BCUT2D eigenvalue weighted by atomic mass is 16.3. The molecule has 0 aromatic carbocycles. The summed E-state index contributed by atoms with van der Waals surface area (Å²) in [5.74, 6) is 1.13. The molecule has 1 aromatic rings. The summed E-state index contributed by atoms with van der Waals surface area (Å²) in [6.07, 6.45) is 3.00. The molecule has 0 aliphatic heterocycles. The first-order chi connectivity index (χ1) is 7.09. The molecular formula is C10H18N4O. The fourth-order valence-electron chi connectivity index (χ4n) is 1.32. The van der Waals surface area contributed by atoms with Gasteiger partial charge in [-0.25, -0.2) is 9.97 Å². The summed E-state index contributed by atoms with van der Waals surface area (Å²) in [6.45, 7) is 4.26. The molecule has 0 spiro atoms. The van der Waals surface area contributed by atoms with Crippen LogP contribution in [0.1, 0.15) is 26.7 Å². The number of aromatic nitrogens is 2. The third-order valence-electron chi connectivity index (χ3n) is 2.56. The summed E-state index contributed by atoms with van der Waals surface area (Å²) >= 11 is 0. The number of aliphatic hydroxyl groups excluding tert-OH is 1. The van der Waals surface area contributed by atoms with E-state index in [1.54, 1.807) is 6.07 Å². The molecule has 15 heavy (non-hydrogen) atoms. The van der Waals surface area contributed by atoms with E-state index in [0.717, 1.165) is 6.42 Å². The van der Waals surface area contributed by atoms with E-state index in [9.17, 15) is 0 Å². The number of nitrogens with zero attached hydrogens (tertiary/aromatic N) is 2. The molecule has 0 amide bonds. The van der Waals surface area contributed by atoms with E-state index in [1.807, 2.05) is 6.92 Å². The van der Waals surface area contributed by atoms with Crippen molar-refractivity contribution in [1.29, 1.82) is 0 Å². The zero-order chi connectivity index (χ0) is 11.3. The minimum atomic E-state index is -0.157. The first-order valence-corrected chi connectivity index (χ1v) is 5.06. The van der Waals surface area contributed by atoms with Crippen molar-refractivity contribution in [2.24, 2.45) is 0 Å². The van der Waals surface area contributed by atoms with E-state index < -0.39 is 0 Å². The Labute approximate surface area is 89.7 Å². The van der Waals surface area contributed by atoms with Crippen LogP contribution in [0.2, 0.25) is 0 Å². The average Bonchev–Trinajstić information content (AvgIpc) is 2.18. The first-order valence-electron chi connectivity index (χ1n) is 5.06. The lowest BCUT2D eigenvalue weighted by molar-refractivity contribution is 0.252. The highest BCUT2D eigenvalue weighted by Crippen LogP contribution is 2.20. The van der Waals surface area contributed by atoms with E-state index >= 15 is 0 Å². The second-order valence-corrected chi connectivity index (χ2v) is 3.84. The normalized spacial score (nSPS) is 14.6.